The molecule has 0 atom stereocenters. The number of aromatic nitrogens is 1. The van der Waals surface area contributed by atoms with Crippen LogP contribution in [-0.2, 0) is 11.2 Å². The molecule has 3 aromatic rings. The Hall–Kier alpha value is -3.10. The molecule has 7 nitrogen and oxygen atoms in total. The lowest BCUT2D eigenvalue weighted by atomic mass is 10.2. The molecule has 29 heavy (non-hydrogen) atoms. The fourth-order valence-electron chi connectivity index (χ4n) is 2.55. The average molecular weight is 431 g/mol. The van der Waals surface area contributed by atoms with E-state index < -0.39 is 6.03 Å². The van der Waals surface area contributed by atoms with Gasteiger partial charge in [-0.15, -0.1) is 11.3 Å². The third-order valence-electron chi connectivity index (χ3n) is 3.83. The number of benzene rings is 2. The molecule has 0 bridgehead atoms. The molecule has 3 rings (SSSR count). The fourth-order valence-corrected chi connectivity index (χ4v) is 3.45. The number of halogens is 1. The van der Waals surface area contributed by atoms with E-state index in [4.69, 9.17) is 16.3 Å². The van der Waals surface area contributed by atoms with Gasteiger partial charge in [-0.2, -0.15) is 0 Å². The number of carbonyl (C=O) groups is 2. The number of methoxy groups -OCH3 is 1. The van der Waals surface area contributed by atoms with Crippen molar-refractivity contribution in [2.75, 3.05) is 23.1 Å². The van der Waals surface area contributed by atoms with Gasteiger partial charge in [-0.3, -0.25) is 10.1 Å². The molecule has 0 fully saturated rings. The van der Waals surface area contributed by atoms with E-state index >= 15 is 0 Å². The van der Waals surface area contributed by atoms with Crippen LogP contribution in [0.15, 0.2) is 47.8 Å². The Kier molecular flexibility index (Phi) is 6.69. The minimum atomic E-state index is -0.442. The molecule has 0 spiro atoms. The van der Waals surface area contributed by atoms with Gasteiger partial charge in [0, 0.05) is 16.1 Å². The summed E-state index contributed by atoms with van der Waals surface area (Å²) in [6, 6.07) is 11.9. The quantitative estimate of drug-likeness (QED) is 0.516. The molecule has 0 saturated carbocycles. The molecule has 0 unspecified atom stereocenters. The Labute approximate surface area is 177 Å². The molecule has 1 heterocycles. The first-order chi connectivity index (χ1) is 13.9. The lowest BCUT2D eigenvalue weighted by Gasteiger charge is -2.10. The number of nitrogens with zero attached hydrogens (tertiary/aromatic N) is 1. The Morgan fingerprint density at radius 3 is 2.72 bits per heavy atom. The van der Waals surface area contributed by atoms with Gasteiger partial charge >= 0.3 is 6.03 Å². The van der Waals surface area contributed by atoms with Gasteiger partial charge in [0.1, 0.15) is 5.75 Å². The van der Waals surface area contributed by atoms with Crippen molar-refractivity contribution < 1.29 is 14.3 Å². The summed E-state index contributed by atoms with van der Waals surface area (Å²) in [5, 5.41) is 10.8. The average Bonchev–Trinajstić information content (AvgIpc) is 3.08. The maximum absolute atomic E-state index is 12.4. The number of hydrogen-bond acceptors (Lipinski definition) is 5. The van der Waals surface area contributed by atoms with Crippen LogP contribution in [0.5, 0.6) is 5.75 Å². The minimum Gasteiger partial charge on any atom is -0.495 e. The number of ether oxygens (including phenoxy) is 1. The van der Waals surface area contributed by atoms with E-state index in [1.165, 1.54) is 11.3 Å². The van der Waals surface area contributed by atoms with Crippen LogP contribution in [0.25, 0.3) is 0 Å². The summed E-state index contributed by atoms with van der Waals surface area (Å²) in [5.74, 6) is 0.358. The number of aryl methyl sites for hydroxylation is 1. The van der Waals surface area contributed by atoms with E-state index in [9.17, 15) is 9.59 Å². The van der Waals surface area contributed by atoms with Crippen LogP contribution in [0.3, 0.4) is 0 Å². The van der Waals surface area contributed by atoms with Gasteiger partial charge in [-0.25, -0.2) is 9.78 Å². The molecule has 3 N–H and O–H groups in total. The predicted octanol–water partition coefficient (Wildman–Crippen LogP) is 4.94. The molecule has 0 saturated heterocycles. The largest absolute Gasteiger partial charge is 0.495 e. The van der Waals surface area contributed by atoms with Crippen LogP contribution in [0.4, 0.5) is 21.3 Å². The number of carbonyl (C=O) groups excluding carboxylic acids is 2. The second-order valence-corrected chi connectivity index (χ2v) is 7.46. The molecular weight excluding hydrogens is 412 g/mol. The van der Waals surface area contributed by atoms with Gasteiger partial charge in [0.05, 0.1) is 24.9 Å². The highest BCUT2D eigenvalue weighted by molar-refractivity contribution is 7.14. The zero-order chi connectivity index (χ0) is 20.8. The van der Waals surface area contributed by atoms with Crippen molar-refractivity contribution in [3.63, 3.8) is 0 Å². The van der Waals surface area contributed by atoms with Gasteiger partial charge < -0.3 is 15.4 Å². The summed E-state index contributed by atoms with van der Waals surface area (Å²) in [6.07, 6.45) is 0.0746. The van der Waals surface area contributed by atoms with Crippen LogP contribution < -0.4 is 20.7 Å². The maximum atomic E-state index is 12.4. The van der Waals surface area contributed by atoms with Gasteiger partial charge in [0.15, 0.2) is 5.13 Å². The highest BCUT2D eigenvalue weighted by atomic mass is 35.5. The maximum Gasteiger partial charge on any atom is 0.325 e. The highest BCUT2D eigenvalue weighted by Gasteiger charge is 2.12. The van der Waals surface area contributed by atoms with Crippen molar-refractivity contribution in [1.29, 1.82) is 0 Å². The van der Waals surface area contributed by atoms with Crippen LogP contribution in [0.1, 0.15) is 11.3 Å². The third kappa shape index (κ3) is 5.94. The van der Waals surface area contributed by atoms with Crippen molar-refractivity contribution in [3.05, 3.63) is 64.1 Å². The Bertz CT molecular complexity index is 1040. The van der Waals surface area contributed by atoms with E-state index in [2.05, 4.69) is 20.9 Å². The summed E-state index contributed by atoms with van der Waals surface area (Å²) in [5.41, 5.74) is 2.73. The first-order valence-corrected chi connectivity index (χ1v) is 9.91. The highest BCUT2D eigenvalue weighted by Crippen LogP contribution is 2.25. The topological polar surface area (TPSA) is 92.4 Å². The lowest BCUT2D eigenvalue weighted by Crippen LogP contribution is -2.19. The van der Waals surface area contributed by atoms with Gasteiger partial charge in [-0.05, 0) is 42.8 Å². The fraction of sp³-hybridized carbons (Fsp3) is 0.150. The number of anilines is 3. The van der Waals surface area contributed by atoms with Crippen molar-refractivity contribution in [2.24, 2.45) is 0 Å². The van der Waals surface area contributed by atoms with Crippen molar-refractivity contribution >= 4 is 51.4 Å². The normalized spacial score (nSPS) is 10.3. The first-order valence-electron chi connectivity index (χ1n) is 8.65. The molecular formula is C20H19ClN4O3S. The summed E-state index contributed by atoms with van der Waals surface area (Å²) >= 11 is 7.13. The number of nitrogens with one attached hydrogen (secondary N) is 3. The Balaban J connectivity index is 1.56. The van der Waals surface area contributed by atoms with Crippen molar-refractivity contribution in [2.45, 2.75) is 13.3 Å². The smallest absolute Gasteiger partial charge is 0.325 e. The van der Waals surface area contributed by atoms with Crippen LogP contribution in [-0.4, -0.2) is 24.0 Å². The number of hydrogen-bond donors (Lipinski definition) is 3. The van der Waals surface area contributed by atoms with Gasteiger partial charge in [0.25, 0.3) is 0 Å². The molecule has 0 aliphatic carbocycles. The van der Waals surface area contributed by atoms with E-state index in [0.717, 1.165) is 5.56 Å². The molecule has 0 aliphatic rings. The Morgan fingerprint density at radius 2 is 1.97 bits per heavy atom. The number of rotatable bonds is 6. The van der Waals surface area contributed by atoms with Crippen molar-refractivity contribution in [1.82, 2.24) is 4.98 Å². The van der Waals surface area contributed by atoms with Gasteiger partial charge in [-0.1, -0.05) is 23.7 Å². The van der Waals surface area contributed by atoms with E-state index in [-0.39, 0.29) is 12.3 Å². The summed E-state index contributed by atoms with van der Waals surface area (Å²) in [7, 11) is 1.55. The standard InChI is InChI=1S/C20H19ClN4O3S/c1-12-6-7-17(28-2)16(8-12)24-18(26)10-15-11-29-20(23-15)25-19(27)22-14-5-3-4-13(21)9-14/h3-9,11H,10H2,1-2H3,(H,24,26)(H2,22,23,25,27). The van der Waals surface area contributed by atoms with Crippen molar-refractivity contribution in [3.8, 4) is 5.75 Å². The zero-order valence-electron chi connectivity index (χ0n) is 15.8. The first kappa shape index (κ1) is 20.6. The third-order valence-corrected chi connectivity index (χ3v) is 4.87. The van der Waals surface area contributed by atoms with E-state index in [1.807, 2.05) is 19.1 Å². The molecule has 3 amide bonds. The van der Waals surface area contributed by atoms with Crippen LogP contribution in [0, 0.1) is 6.92 Å². The van der Waals surface area contributed by atoms with Crippen LogP contribution >= 0.6 is 22.9 Å². The van der Waals surface area contributed by atoms with E-state index in [1.54, 1.807) is 42.8 Å². The lowest BCUT2D eigenvalue weighted by molar-refractivity contribution is -0.115. The summed E-state index contributed by atoms with van der Waals surface area (Å²) in [4.78, 5) is 28.7. The summed E-state index contributed by atoms with van der Waals surface area (Å²) in [6.45, 7) is 1.93. The second-order valence-electron chi connectivity index (χ2n) is 6.16. The Morgan fingerprint density at radius 1 is 1.14 bits per heavy atom. The molecule has 2 aromatic carbocycles. The molecule has 1 aromatic heterocycles. The van der Waals surface area contributed by atoms with E-state index in [0.29, 0.717) is 33.0 Å². The zero-order valence-corrected chi connectivity index (χ0v) is 17.4. The summed E-state index contributed by atoms with van der Waals surface area (Å²) < 4.78 is 5.26. The monoisotopic (exact) mass is 430 g/mol. The van der Waals surface area contributed by atoms with Gasteiger partial charge in [0.2, 0.25) is 5.91 Å². The molecule has 150 valence electrons. The molecule has 0 aliphatic heterocycles. The predicted molar refractivity (Wildman–Crippen MR) is 116 cm³/mol. The number of urea groups is 1. The SMILES string of the molecule is COc1ccc(C)cc1NC(=O)Cc1csc(NC(=O)Nc2cccc(Cl)c2)n1. The molecule has 0 radical (unpaired) electrons. The second kappa shape index (κ2) is 9.40. The number of thiazole rings is 1. The van der Waals surface area contributed by atoms with Crippen LogP contribution in [0.2, 0.25) is 5.02 Å². The number of amides is 3. The minimum absolute atomic E-state index is 0.0746. The molecule has 9 heteroatoms.